The van der Waals surface area contributed by atoms with Crippen LogP contribution in [-0.4, -0.2) is 0 Å². The molecule has 160 valence electrons. The number of hydrogen-bond acceptors (Lipinski definition) is 3. The Morgan fingerprint density at radius 3 is 2.10 bits per heavy atom. The van der Waals surface area contributed by atoms with Crippen molar-refractivity contribution in [1.29, 1.82) is 5.26 Å². The van der Waals surface area contributed by atoms with Gasteiger partial charge in [-0.2, -0.15) is 14.0 Å². The van der Waals surface area contributed by atoms with E-state index < -0.39 is 51.4 Å². The van der Waals surface area contributed by atoms with Crippen LogP contribution in [0.15, 0.2) is 47.4 Å². The number of rotatable bonds is 5. The van der Waals surface area contributed by atoms with E-state index in [0.29, 0.717) is 24.3 Å². The fraction of sp³-hybridized carbons (Fsp3) is 0.0952. The minimum absolute atomic E-state index is 0.0110. The minimum Gasteiger partial charge on any atom is -0.429 e. The summed E-state index contributed by atoms with van der Waals surface area (Å²) in [6.07, 6.45) is -4.36. The summed E-state index contributed by atoms with van der Waals surface area (Å²) >= 11 is 0.152. The van der Waals surface area contributed by atoms with E-state index in [2.05, 4.69) is 4.74 Å². The molecular formula is C21H10F7NOS. The smallest absolute Gasteiger partial charge is 0.429 e. The highest BCUT2D eigenvalue weighted by molar-refractivity contribution is 8.03. The summed E-state index contributed by atoms with van der Waals surface area (Å²) < 4.78 is 103. The highest BCUT2D eigenvalue weighted by atomic mass is 32.2. The third kappa shape index (κ3) is 4.46. The molecule has 0 bridgehead atoms. The maximum Gasteiger partial charge on any atom is 0.429 e. The quantitative estimate of drug-likeness (QED) is 0.234. The lowest BCUT2D eigenvalue weighted by Gasteiger charge is -2.20. The van der Waals surface area contributed by atoms with E-state index in [-0.39, 0.29) is 28.5 Å². The van der Waals surface area contributed by atoms with E-state index in [4.69, 9.17) is 5.26 Å². The molecule has 0 spiro atoms. The zero-order valence-corrected chi connectivity index (χ0v) is 16.3. The summed E-state index contributed by atoms with van der Waals surface area (Å²) in [4.78, 5) is -0.707. The lowest BCUT2D eigenvalue weighted by molar-refractivity contribution is -0.187. The van der Waals surface area contributed by atoms with Gasteiger partial charge in [0, 0.05) is 17.7 Å². The molecule has 0 aromatic heterocycles. The third-order valence-corrected chi connectivity index (χ3v) is 4.92. The third-order valence-electron chi connectivity index (χ3n) is 4.23. The Balaban J connectivity index is 1.94. The van der Waals surface area contributed by atoms with Gasteiger partial charge in [0.25, 0.3) is 0 Å². The van der Waals surface area contributed by atoms with Gasteiger partial charge in [0.05, 0.1) is 10.5 Å². The standard InChI is InChI=1S/C21H10F7NOS/c1-10-2-4-13(19(26)18(10)25)11-3-5-14(15(22)6-11)21(27,28)30-12-7-16(23)20(31-9-29)17(24)8-12/h2-8H,1H3. The molecule has 0 N–H and O–H groups in total. The van der Waals surface area contributed by atoms with Gasteiger partial charge in [-0.05, 0) is 41.9 Å². The van der Waals surface area contributed by atoms with Gasteiger partial charge >= 0.3 is 6.11 Å². The van der Waals surface area contributed by atoms with Crippen molar-refractivity contribution in [3.05, 3.63) is 82.7 Å². The molecule has 31 heavy (non-hydrogen) atoms. The minimum atomic E-state index is -4.36. The Bertz CT molecular complexity index is 1180. The van der Waals surface area contributed by atoms with E-state index in [9.17, 15) is 30.7 Å². The van der Waals surface area contributed by atoms with Crippen molar-refractivity contribution >= 4 is 11.8 Å². The van der Waals surface area contributed by atoms with E-state index >= 15 is 0 Å². The first kappa shape index (κ1) is 22.5. The molecule has 2 nitrogen and oxygen atoms in total. The molecular weight excluding hydrogens is 447 g/mol. The van der Waals surface area contributed by atoms with Crippen LogP contribution in [0.1, 0.15) is 11.1 Å². The maximum absolute atomic E-state index is 14.4. The first-order chi connectivity index (χ1) is 14.5. The summed E-state index contributed by atoms with van der Waals surface area (Å²) in [5.74, 6) is -7.51. The molecule has 3 aromatic carbocycles. The second-order valence-corrected chi connectivity index (χ2v) is 7.08. The lowest BCUT2D eigenvalue weighted by atomic mass is 10.0. The van der Waals surface area contributed by atoms with E-state index in [0.717, 1.165) is 6.07 Å². The van der Waals surface area contributed by atoms with E-state index in [1.54, 1.807) is 0 Å². The molecule has 0 atom stereocenters. The Labute approximate surface area is 175 Å². The van der Waals surface area contributed by atoms with Crippen molar-refractivity contribution < 1.29 is 35.5 Å². The van der Waals surface area contributed by atoms with Gasteiger partial charge < -0.3 is 4.74 Å². The lowest BCUT2D eigenvalue weighted by Crippen LogP contribution is -2.23. The van der Waals surface area contributed by atoms with Crippen LogP contribution >= 0.6 is 11.8 Å². The van der Waals surface area contributed by atoms with Gasteiger partial charge in [-0.1, -0.05) is 18.2 Å². The van der Waals surface area contributed by atoms with Crippen LogP contribution in [0, 0.1) is 46.7 Å². The van der Waals surface area contributed by atoms with Gasteiger partial charge in [-0.3, -0.25) is 0 Å². The van der Waals surface area contributed by atoms with Crippen LogP contribution in [0.4, 0.5) is 30.7 Å². The van der Waals surface area contributed by atoms with Crippen molar-refractivity contribution in [3.63, 3.8) is 0 Å². The van der Waals surface area contributed by atoms with Crippen molar-refractivity contribution in [2.75, 3.05) is 0 Å². The molecule has 3 rings (SSSR count). The van der Waals surface area contributed by atoms with E-state index in [1.165, 1.54) is 24.5 Å². The number of ether oxygens (including phenoxy) is 1. The molecule has 3 aromatic rings. The first-order valence-corrected chi connectivity index (χ1v) is 9.23. The number of nitrogens with zero attached hydrogens (tertiary/aromatic N) is 1. The molecule has 0 saturated carbocycles. The number of alkyl halides is 2. The SMILES string of the molecule is Cc1ccc(-c2ccc(C(F)(F)Oc3cc(F)c(SC#N)c(F)c3)c(F)c2)c(F)c1F. The number of hydrogen-bond donors (Lipinski definition) is 0. The summed E-state index contributed by atoms with van der Waals surface area (Å²) in [5.41, 5.74) is -1.83. The Morgan fingerprint density at radius 2 is 1.52 bits per heavy atom. The van der Waals surface area contributed by atoms with Crippen LogP contribution in [0.5, 0.6) is 5.75 Å². The molecule has 0 aliphatic carbocycles. The van der Waals surface area contributed by atoms with Crippen LogP contribution in [-0.2, 0) is 6.11 Å². The van der Waals surface area contributed by atoms with Gasteiger partial charge in [0.1, 0.15) is 28.6 Å². The van der Waals surface area contributed by atoms with Crippen LogP contribution < -0.4 is 4.74 Å². The Kier molecular flexibility index (Phi) is 6.18. The number of thioether (sulfide) groups is 1. The molecule has 0 aliphatic heterocycles. The highest BCUT2D eigenvalue weighted by Crippen LogP contribution is 2.37. The topological polar surface area (TPSA) is 33.0 Å². The fourth-order valence-electron chi connectivity index (χ4n) is 2.73. The summed E-state index contributed by atoms with van der Waals surface area (Å²) in [6, 6.07) is 5.34. The van der Waals surface area contributed by atoms with E-state index in [1.807, 2.05) is 0 Å². The summed E-state index contributed by atoms with van der Waals surface area (Å²) in [5, 5.41) is 9.94. The predicted molar refractivity (Wildman–Crippen MR) is 98.8 cm³/mol. The average molecular weight is 457 g/mol. The van der Waals surface area contributed by atoms with Crippen molar-refractivity contribution in [1.82, 2.24) is 0 Å². The van der Waals surface area contributed by atoms with Crippen molar-refractivity contribution in [3.8, 4) is 22.3 Å². The van der Waals surface area contributed by atoms with Crippen molar-refractivity contribution in [2.45, 2.75) is 17.9 Å². The molecule has 0 aliphatic rings. The molecule has 0 radical (unpaired) electrons. The monoisotopic (exact) mass is 457 g/mol. The molecule has 10 heteroatoms. The largest absolute Gasteiger partial charge is 0.429 e. The second kappa shape index (κ2) is 8.51. The molecule has 0 fully saturated rings. The first-order valence-electron chi connectivity index (χ1n) is 8.42. The predicted octanol–water partition coefficient (Wildman–Crippen LogP) is 7.06. The van der Waals surface area contributed by atoms with Crippen LogP contribution in [0.25, 0.3) is 11.1 Å². The zero-order valence-electron chi connectivity index (χ0n) is 15.5. The molecule has 0 saturated heterocycles. The number of halogens is 7. The summed E-state index contributed by atoms with van der Waals surface area (Å²) in [7, 11) is 0. The summed E-state index contributed by atoms with van der Waals surface area (Å²) in [6.45, 7) is 1.32. The average Bonchev–Trinajstić information content (AvgIpc) is 2.68. The van der Waals surface area contributed by atoms with Gasteiger partial charge in [0.2, 0.25) is 0 Å². The second-order valence-electron chi connectivity index (χ2n) is 6.28. The maximum atomic E-state index is 14.4. The Hall–Kier alpha value is -3.19. The molecule has 0 heterocycles. The molecule has 0 unspecified atom stereocenters. The van der Waals surface area contributed by atoms with Gasteiger partial charge in [-0.15, -0.1) is 0 Å². The van der Waals surface area contributed by atoms with Crippen LogP contribution in [0.2, 0.25) is 0 Å². The highest BCUT2D eigenvalue weighted by Gasteiger charge is 2.38. The Morgan fingerprint density at radius 1 is 0.871 bits per heavy atom. The normalized spacial score (nSPS) is 11.3. The fourth-order valence-corrected chi connectivity index (χ4v) is 3.13. The van der Waals surface area contributed by atoms with Crippen molar-refractivity contribution in [2.24, 2.45) is 0 Å². The number of nitriles is 1. The number of thiocyanates is 1. The molecule has 0 amide bonds. The number of benzene rings is 3. The van der Waals surface area contributed by atoms with Gasteiger partial charge in [-0.25, -0.2) is 22.0 Å². The zero-order chi connectivity index (χ0) is 22.9. The van der Waals surface area contributed by atoms with Crippen LogP contribution in [0.3, 0.4) is 0 Å². The van der Waals surface area contributed by atoms with Gasteiger partial charge in [0.15, 0.2) is 11.6 Å². The number of aryl methyl sites for hydroxylation is 1.